The Morgan fingerprint density at radius 1 is 1.12 bits per heavy atom. The Morgan fingerprint density at radius 3 is 2.46 bits per heavy atom. The maximum absolute atomic E-state index is 13.5. The topological polar surface area (TPSA) is 26.7 Å². The molecule has 1 saturated heterocycles. The predicted octanol–water partition coefficient (Wildman–Crippen LogP) is 3.46. The molecule has 0 aliphatic carbocycles. The van der Waals surface area contributed by atoms with Gasteiger partial charge in [-0.15, -0.1) is 0 Å². The highest BCUT2D eigenvalue weighted by Crippen LogP contribution is 2.28. The van der Waals surface area contributed by atoms with Crippen LogP contribution in [-0.4, -0.2) is 42.8 Å². The van der Waals surface area contributed by atoms with E-state index in [2.05, 4.69) is 34.1 Å². The molecule has 4 heteroatoms. The van der Waals surface area contributed by atoms with Gasteiger partial charge in [-0.25, -0.2) is 4.39 Å². The number of rotatable bonds is 5. The summed E-state index contributed by atoms with van der Waals surface area (Å²) in [5, 5.41) is 9.83. The molecule has 0 amide bonds. The fourth-order valence-corrected chi connectivity index (χ4v) is 3.61. The second-order valence-corrected chi connectivity index (χ2v) is 6.47. The van der Waals surface area contributed by atoms with Gasteiger partial charge >= 0.3 is 0 Å². The molecule has 0 unspecified atom stereocenters. The molecular weight excluding hydrogens is 303 g/mol. The third kappa shape index (κ3) is 3.77. The van der Waals surface area contributed by atoms with E-state index in [0.29, 0.717) is 6.04 Å². The number of anilines is 1. The number of likely N-dealkylation sites (N-methyl/N-ethyl adjacent to an activating group) is 1. The molecule has 1 N–H and O–H groups in total. The van der Waals surface area contributed by atoms with Crippen molar-refractivity contribution in [1.29, 1.82) is 0 Å². The number of para-hydroxylation sites is 1. The Labute approximate surface area is 143 Å². The largest absolute Gasteiger partial charge is 0.394 e. The van der Waals surface area contributed by atoms with Gasteiger partial charge in [0.15, 0.2) is 0 Å². The highest BCUT2D eigenvalue weighted by atomic mass is 19.1. The molecule has 0 aromatic heterocycles. The summed E-state index contributed by atoms with van der Waals surface area (Å²) in [5.41, 5.74) is 2.10. The van der Waals surface area contributed by atoms with Crippen molar-refractivity contribution in [3.05, 3.63) is 66.0 Å². The van der Waals surface area contributed by atoms with Crippen molar-refractivity contribution in [3.63, 3.8) is 0 Å². The number of hydrogen-bond donors (Lipinski definition) is 1. The summed E-state index contributed by atoms with van der Waals surface area (Å²) in [6, 6.07) is 17.3. The van der Waals surface area contributed by atoms with Gasteiger partial charge in [0, 0.05) is 24.8 Å². The minimum atomic E-state index is -0.252. The number of benzene rings is 2. The molecule has 1 heterocycles. The van der Waals surface area contributed by atoms with Crippen molar-refractivity contribution in [2.75, 3.05) is 31.6 Å². The van der Waals surface area contributed by atoms with Crippen LogP contribution in [0.5, 0.6) is 0 Å². The van der Waals surface area contributed by atoms with E-state index in [0.717, 1.165) is 31.5 Å². The van der Waals surface area contributed by atoms with Gasteiger partial charge in [-0.1, -0.05) is 30.3 Å². The summed E-state index contributed by atoms with van der Waals surface area (Å²) in [4.78, 5) is 4.61. The molecule has 1 aliphatic heterocycles. The first-order chi connectivity index (χ1) is 11.7. The molecule has 24 heavy (non-hydrogen) atoms. The van der Waals surface area contributed by atoms with Crippen molar-refractivity contribution >= 4 is 5.69 Å². The zero-order valence-corrected chi connectivity index (χ0v) is 14.1. The molecule has 3 rings (SSSR count). The number of halogens is 1. The zero-order chi connectivity index (χ0) is 16.9. The number of hydrogen-bond acceptors (Lipinski definition) is 3. The van der Waals surface area contributed by atoms with Gasteiger partial charge in [0.1, 0.15) is 5.82 Å². The molecule has 1 fully saturated rings. The highest BCUT2D eigenvalue weighted by molar-refractivity contribution is 5.46. The van der Waals surface area contributed by atoms with Crippen LogP contribution in [0.25, 0.3) is 0 Å². The van der Waals surface area contributed by atoms with E-state index < -0.39 is 0 Å². The van der Waals surface area contributed by atoms with Crippen LogP contribution in [0.3, 0.4) is 0 Å². The van der Waals surface area contributed by atoms with Crippen LogP contribution in [0.2, 0.25) is 0 Å². The average Bonchev–Trinajstić information content (AvgIpc) is 2.63. The molecule has 2 aromatic rings. The lowest BCUT2D eigenvalue weighted by atomic mass is 9.98. The molecule has 1 atom stereocenters. The predicted molar refractivity (Wildman–Crippen MR) is 95.7 cm³/mol. The quantitative estimate of drug-likeness (QED) is 0.910. The number of aliphatic hydroxyl groups excluding tert-OH is 1. The lowest BCUT2D eigenvalue weighted by molar-refractivity contribution is 0.0958. The first-order valence-electron chi connectivity index (χ1n) is 8.57. The van der Waals surface area contributed by atoms with Gasteiger partial charge in [0.25, 0.3) is 0 Å². The van der Waals surface area contributed by atoms with Crippen LogP contribution >= 0.6 is 0 Å². The summed E-state index contributed by atoms with van der Waals surface area (Å²) < 4.78 is 13.5. The molecule has 1 aliphatic rings. The van der Waals surface area contributed by atoms with Gasteiger partial charge in [-0.05, 0) is 49.7 Å². The van der Waals surface area contributed by atoms with Crippen molar-refractivity contribution in [3.8, 4) is 0 Å². The van der Waals surface area contributed by atoms with Crippen LogP contribution in [0, 0.1) is 5.82 Å². The Balaban J connectivity index is 1.64. The van der Waals surface area contributed by atoms with E-state index in [9.17, 15) is 9.50 Å². The van der Waals surface area contributed by atoms with Gasteiger partial charge in [0.05, 0.1) is 12.6 Å². The first-order valence-corrected chi connectivity index (χ1v) is 8.57. The van der Waals surface area contributed by atoms with E-state index in [1.807, 2.05) is 19.2 Å². The lowest BCUT2D eigenvalue weighted by Gasteiger charge is -2.40. The third-order valence-corrected chi connectivity index (χ3v) is 5.06. The Morgan fingerprint density at radius 2 is 1.83 bits per heavy atom. The van der Waals surface area contributed by atoms with Gasteiger partial charge in [-0.3, -0.25) is 4.90 Å². The molecule has 0 bridgehead atoms. The second-order valence-electron chi connectivity index (χ2n) is 6.47. The smallest absolute Gasteiger partial charge is 0.123 e. The van der Waals surface area contributed by atoms with Gasteiger partial charge < -0.3 is 10.0 Å². The van der Waals surface area contributed by atoms with E-state index in [1.54, 1.807) is 6.07 Å². The SMILES string of the molecule is CN(C1CCN(c2ccccc2)CC1)[C@H](CO)c1cccc(F)c1. The number of nitrogens with zero attached hydrogens (tertiary/aromatic N) is 2. The van der Waals surface area contributed by atoms with Crippen molar-refractivity contribution in [2.24, 2.45) is 0 Å². The maximum Gasteiger partial charge on any atom is 0.123 e. The minimum absolute atomic E-state index is 0.00114. The summed E-state index contributed by atoms with van der Waals surface area (Å²) in [6.07, 6.45) is 2.08. The summed E-state index contributed by atoms with van der Waals surface area (Å²) >= 11 is 0. The van der Waals surface area contributed by atoms with Crippen LogP contribution in [0.15, 0.2) is 54.6 Å². The molecule has 0 saturated carbocycles. The van der Waals surface area contributed by atoms with Crippen LogP contribution in [0.4, 0.5) is 10.1 Å². The van der Waals surface area contributed by atoms with Crippen LogP contribution < -0.4 is 4.90 Å². The van der Waals surface area contributed by atoms with E-state index in [-0.39, 0.29) is 18.5 Å². The van der Waals surface area contributed by atoms with E-state index >= 15 is 0 Å². The normalized spacial score (nSPS) is 17.2. The second kappa shape index (κ2) is 7.77. The van der Waals surface area contributed by atoms with E-state index in [1.165, 1.54) is 17.8 Å². The van der Waals surface area contributed by atoms with Crippen molar-refractivity contribution < 1.29 is 9.50 Å². The van der Waals surface area contributed by atoms with Crippen molar-refractivity contribution in [1.82, 2.24) is 4.90 Å². The average molecular weight is 328 g/mol. The highest BCUT2D eigenvalue weighted by Gasteiger charge is 2.27. The number of aliphatic hydroxyl groups is 1. The first kappa shape index (κ1) is 16.9. The minimum Gasteiger partial charge on any atom is -0.394 e. The molecule has 0 radical (unpaired) electrons. The van der Waals surface area contributed by atoms with Crippen LogP contribution in [0.1, 0.15) is 24.4 Å². The Hall–Kier alpha value is -1.91. The summed E-state index contributed by atoms with van der Waals surface area (Å²) in [5.74, 6) is -0.252. The third-order valence-electron chi connectivity index (χ3n) is 5.06. The summed E-state index contributed by atoms with van der Waals surface area (Å²) in [6.45, 7) is 2.00. The molecule has 128 valence electrons. The molecule has 2 aromatic carbocycles. The monoisotopic (exact) mass is 328 g/mol. The zero-order valence-electron chi connectivity index (χ0n) is 14.1. The fourth-order valence-electron chi connectivity index (χ4n) is 3.61. The van der Waals surface area contributed by atoms with Crippen molar-refractivity contribution in [2.45, 2.75) is 24.9 Å². The molecular formula is C20H25FN2O. The van der Waals surface area contributed by atoms with E-state index in [4.69, 9.17) is 0 Å². The number of piperidine rings is 1. The standard InChI is InChI=1S/C20H25FN2O/c1-22(20(15-24)16-6-5-7-17(21)14-16)18-10-12-23(13-11-18)19-8-3-2-4-9-19/h2-9,14,18,20,24H,10-13,15H2,1H3/t20-/m1/s1. The molecule has 3 nitrogen and oxygen atoms in total. The Kier molecular flexibility index (Phi) is 5.48. The lowest BCUT2D eigenvalue weighted by Crippen LogP contribution is -2.45. The molecule has 0 spiro atoms. The van der Waals surface area contributed by atoms with Gasteiger partial charge in [0.2, 0.25) is 0 Å². The summed E-state index contributed by atoms with van der Waals surface area (Å²) in [7, 11) is 2.04. The maximum atomic E-state index is 13.5. The van der Waals surface area contributed by atoms with Crippen LogP contribution in [-0.2, 0) is 0 Å². The van der Waals surface area contributed by atoms with Gasteiger partial charge in [-0.2, -0.15) is 0 Å². The Bertz CT molecular complexity index is 641. The fraction of sp³-hybridized carbons (Fsp3) is 0.400.